The summed E-state index contributed by atoms with van der Waals surface area (Å²) >= 11 is 0. The summed E-state index contributed by atoms with van der Waals surface area (Å²) in [4.78, 5) is 22.8. The van der Waals surface area contributed by atoms with Gasteiger partial charge in [0.2, 0.25) is 0 Å². The van der Waals surface area contributed by atoms with E-state index in [-0.39, 0.29) is 11.7 Å². The Labute approximate surface area is 119 Å². The number of nitrogens with one attached hydrogen (secondary N) is 2. The van der Waals surface area contributed by atoms with Crippen molar-refractivity contribution in [2.45, 2.75) is 25.3 Å². The Morgan fingerprint density at radius 1 is 1.19 bits per heavy atom. The summed E-state index contributed by atoms with van der Waals surface area (Å²) in [6.07, 6.45) is 6.24. The van der Waals surface area contributed by atoms with Crippen molar-refractivity contribution < 1.29 is 23.5 Å². The van der Waals surface area contributed by atoms with Crippen molar-refractivity contribution in [1.82, 2.24) is 5.32 Å². The van der Waals surface area contributed by atoms with Gasteiger partial charge >= 0.3 is 12.0 Å². The molecule has 1 unspecified atom stereocenters. The Bertz CT molecular complexity index is 602. The average molecular weight is 296 g/mol. The van der Waals surface area contributed by atoms with Crippen molar-refractivity contribution in [1.29, 1.82) is 0 Å². The van der Waals surface area contributed by atoms with Crippen molar-refractivity contribution in [3.05, 3.63) is 41.5 Å². The number of benzene rings is 1. The molecule has 0 saturated heterocycles. The van der Waals surface area contributed by atoms with E-state index in [4.69, 9.17) is 5.11 Å². The molecule has 1 atom stereocenters. The summed E-state index contributed by atoms with van der Waals surface area (Å²) in [7, 11) is 0. The number of carbonyl (C=O) groups is 2. The average Bonchev–Trinajstić information content (AvgIpc) is 2.43. The third-order valence-corrected chi connectivity index (χ3v) is 3.14. The largest absolute Gasteiger partial charge is 0.478 e. The van der Waals surface area contributed by atoms with Crippen LogP contribution in [0, 0.1) is 11.6 Å². The number of aromatic carboxylic acids is 1. The molecule has 0 spiro atoms. The number of hydrogen-bond donors (Lipinski definition) is 3. The van der Waals surface area contributed by atoms with Crippen LogP contribution in [0.3, 0.4) is 0 Å². The van der Waals surface area contributed by atoms with E-state index in [9.17, 15) is 18.4 Å². The number of carbonyl (C=O) groups excluding carboxylic acids is 1. The van der Waals surface area contributed by atoms with E-state index < -0.39 is 29.2 Å². The molecule has 1 aliphatic carbocycles. The number of urea groups is 1. The van der Waals surface area contributed by atoms with E-state index >= 15 is 0 Å². The quantitative estimate of drug-likeness (QED) is 0.750. The molecule has 0 heterocycles. The number of rotatable bonds is 3. The Balaban J connectivity index is 2.11. The highest BCUT2D eigenvalue weighted by molar-refractivity contribution is 6.00. The maximum absolute atomic E-state index is 13.2. The van der Waals surface area contributed by atoms with Gasteiger partial charge < -0.3 is 15.7 Å². The SMILES string of the molecule is O=C(Nc1cc(F)c(F)cc1C(=O)O)NC1CC=CCC1. The highest BCUT2D eigenvalue weighted by atomic mass is 19.2. The topological polar surface area (TPSA) is 78.4 Å². The van der Waals surface area contributed by atoms with E-state index in [0.717, 1.165) is 12.8 Å². The molecular weight excluding hydrogens is 282 g/mol. The first-order valence-electron chi connectivity index (χ1n) is 6.42. The molecule has 0 bridgehead atoms. The summed E-state index contributed by atoms with van der Waals surface area (Å²) in [5.41, 5.74) is -0.794. The summed E-state index contributed by atoms with van der Waals surface area (Å²) < 4.78 is 26.2. The fourth-order valence-corrected chi connectivity index (χ4v) is 2.10. The monoisotopic (exact) mass is 296 g/mol. The second kappa shape index (κ2) is 6.34. The van der Waals surface area contributed by atoms with Crippen LogP contribution < -0.4 is 10.6 Å². The summed E-state index contributed by atoms with van der Waals surface area (Å²) in [6.45, 7) is 0. The zero-order valence-corrected chi connectivity index (χ0v) is 11.0. The molecule has 2 amide bonds. The minimum atomic E-state index is -1.45. The zero-order valence-electron chi connectivity index (χ0n) is 11.0. The van der Waals surface area contributed by atoms with Crippen LogP contribution in [0.15, 0.2) is 24.3 Å². The number of amides is 2. The van der Waals surface area contributed by atoms with Gasteiger partial charge in [-0.3, -0.25) is 0 Å². The van der Waals surface area contributed by atoms with Crippen molar-refractivity contribution in [3.8, 4) is 0 Å². The zero-order chi connectivity index (χ0) is 15.4. The molecule has 1 aromatic carbocycles. The Morgan fingerprint density at radius 3 is 2.52 bits per heavy atom. The second-order valence-corrected chi connectivity index (χ2v) is 4.70. The van der Waals surface area contributed by atoms with Gasteiger partial charge in [-0.25, -0.2) is 18.4 Å². The molecule has 2 rings (SSSR count). The fraction of sp³-hybridized carbons (Fsp3) is 0.286. The van der Waals surface area contributed by atoms with Gasteiger partial charge in [-0.05, 0) is 25.3 Å². The minimum Gasteiger partial charge on any atom is -0.478 e. The molecule has 5 nitrogen and oxygen atoms in total. The van der Waals surface area contributed by atoms with E-state index in [2.05, 4.69) is 10.6 Å². The molecule has 0 radical (unpaired) electrons. The number of carboxylic acid groups (broad SMARTS) is 1. The summed E-state index contributed by atoms with van der Waals surface area (Å²) in [5, 5.41) is 13.8. The van der Waals surface area contributed by atoms with Gasteiger partial charge in [0, 0.05) is 12.1 Å². The van der Waals surface area contributed by atoms with Crippen molar-refractivity contribution in [2.75, 3.05) is 5.32 Å². The van der Waals surface area contributed by atoms with Gasteiger partial charge in [0.25, 0.3) is 0 Å². The van der Waals surface area contributed by atoms with Gasteiger partial charge in [-0.15, -0.1) is 0 Å². The van der Waals surface area contributed by atoms with Crippen LogP contribution in [-0.2, 0) is 0 Å². The smallest absolute Gasteiger partial charge is 0.337 e. The number of halogens is 2. The van der Waals surface area contributed by atoms with Crippen LogP contribution >= 0.6 is 0 Å². The lowest BCUT2D eigenvalue weighted by Crippen LogP contribution is -2.38. The molecule has 21 heavy (non-hydrogen) atoms. The highest BCUT2D eigenvalue weighted by Gasteiger charge is 2.18. The lowest BCUT2D eigenvalue weighted by atomic mass is 10.0. The van der Waals surface area contributed by atoms with Gasteiger partial charge in [-0.2, -0.15) is 0 Å². The van der Waals surface area contributed by atoms with Crippen LogP contribution in [0.25, 0.3) is 0 Å². The lowest BCUT2D eigenvalue weighted by molar-refractivity contribution is 0.0697. The summed E-state index contributed by atoms with van der Waals surface area (Å²) in [5.74, 6) is -3.96. The molecule has 0 aliphatic heterocycles. The van der Waals surface area contributed by atoms with Crippen LogP contribution in [0.5, 0.6) is 0 Å². The van der Waals surface area contributed by atoms with E-state index in [1.807, 2.05) is 12.2 Å². The summed E-state index contributed by atoms with van der Waals surface area (Å²) in [6, 6.07) is 0.479. The second-order valence-electron chi connectivity index (χ2n) is 4.70. The lowest BCUT2D eigenvalue weighted by Gasteiger charge is -2.20. The molecule has 1 aromatic rings. The fourth-order valence-electron chi connectivity index (χ4n) is 2.10. The molecule has 7 heteroatoms. The third-order valence-electron chi connectivity index (χ3n) is 3.14. The van der Waals surface area contributed by atoms with Gasteiger partial charge in [0.1, 0.15) is 0 Å². The van der Waals surface area contributed by atoms with Gasteiger partial charge in [-0.1, -0.05) is 12.2 Å². The molecule has 112 valence electrons. The first-order chi connectivity index (χ1) is 9.97. The third kappa shape index (κ3) is 3.77. The van der Waals surface area contributed by atoms with Crippen LogP contribution in [0.2, 0.25) is 0 Å². The maximum Gasteiger partial charge on any atom is 0.337 e. The Morgan fingerprint density at radius 2 is 1.90 bits per heavy atom. The van der Waals surface area contributed by atoms with E-state index in [1.54, 1.807) is 0 Å². The molecule has 1 aliphatic rings. The predicted molar refractivity (Wildman–Crippen MR) is 72.3 cm³/mol. The Hall–Kier alpha value is -2.44. The number of anilines is 1. The molecule has 0 aromatic heterocycles. The van der Waals surface area contributed by atoms with Gasteiger partial charge in [0.15, 0.2) is 11.6 Å². The molecular formula is C14H14F2N2O3. The van der Waals surface area contributed by atoms with Crippen molar-refractivity contribution in [3.63, 3.8) is 0 Å². The predicted octanol–water partition coefficient (Wildman–Crippen LogP) is 2.89. The van der Waals surface area contributed by atoms with Crippen LogP contribution in [0.1, 0.15) is 29.6 Å². The first-order valence-corrected chi connectivity index (χ1v) is 6.42. The highest BCUT2D eigenvalue weighted by Crippen LogP contribution is 2.20. The maximum atomic E-state index is 13.2. The number of allylic oxidation sites excluding steroid dienone is 1. The standard InChI is InChI=1S/C14H14F2N2O3/c15-10-6-9(13(19)20)12(7-11(10)16)18-14(21)17-8-4-2-1-3-5-8/h1-2,6-8H,3-5H2,(H,19,20)(H2,17,18,21). The van der Waals surface area contributed by atoms with E-state index in [1.165, 1.54) is 0 Å². The molecule has 3 N–H and O–H groups in total. The first kappa shape index (κ1) is 15.0. The Kier molecular flexibility index (Phi) is 4.52. The number of hydrogen-bond acceptors (Lipinski definition) is 2. The molecule has 0 saturated carbocycles. The van der Waals surface area contributed by atoms with Gasteiger partial charge in [0.05, 0.1) is 11.3 Å². The van der Waals surface area contributed by atoms with Crippen molar-refractivity contribution in [2.24, 2.45) is 0 Å². The van der Waals surface area contributed by atoms with Crippen LogP contribution in [0.4, 0.5) is 19.3 Å². The van der Waals surface area contributed by atoms with Crippen LogP contribution in [-0.4, -0.2) is 23.1 Å². The normalized spacial score (nSPS) is 17.3. The molecule has 0 fully saturated rings. The van der Waals surface area contributed by atoms with Crippen molar-refractivity contribution >= 4 is 17.7 Å². The van der Waals surface area contributed by atoms with E-state index in [0.29, 0.717) is 18.6 Å². The number of carboxylic acids is 1. The minimum absolute atomic E-state index is 0.0615.